The Kier molecular flexibility index (Phi) is 4.26. The van der Waals surface area contributed by atoms with Gasteiger partial charge >= 0.3 is 0 Å². The van der Waals surface area contributed by atoms with Gasteiger partial charge in [0, 0.05) is 35.9 Å². The Morgan fingerprint density at radius 3 is 2.94 bits per heavy atom. The molecule has 2 atom stereocenters. The summed E-state index contributed by atoms with van der Waals surface area (Å²) in [4.78, 5) is 6.38. The summed E-state index contributed by atoms with van der Waals surface area (Å²) in [7, 11) is 0. The molecule has 2 rings (SSSR count). The lowest BCUT2D eigenvalue weighted by Crippen LogP contribution is -2.47. The van der Waals surface area contributed by atoms with E-state index in [4.69, 9.17) is 28.9 Å². The van der Waals surface area contributed by atoms with Crippen LogP contribution in [0.3, 0.4) is 0 Å². The highest BCUT2D eigenvalue weighted by atomic mass is 35.5. The topological polar surface area (TPSA) is 42.2 Å². The number of aromatic nitrogens is 1. The van der Waals surface area contributed by atoms with E-state index < -0.39 is 0 Å². The van der Waals surface area contributed by atoms with Gasteiger partial charge in [0.25, 0.3) is 0 Å². The van der Waals surface area contributed by atoms with Crippen LogP contribution in [-0.2, 0) is 6.54 Å². The number of piperidine rings is 1. The smallest absolute Gasteiger partial charge is 0.130 e. The maximum absolute atomic E-state index is 6.13. The summed E-state index contributed by atoms with van der Waals surface area (Å²) in [6, 6.07) is 1.94. The lowest BCUT2D eigenvalue weighted by atomic mass is 9.94. The third-order valence-corrected chi connectivity index (χ3v) is 3.95. The minimum Gasteiger partial charge on any atom is -0.326 e. The number of nitrogens with two attached hydrogens (primary N) is 1. The molecule has 17 heavy (non-hydrogen) atoms. The molecule has 0 bridgehead atoms. The van der Waals surface area contributed by atoms with Crippen molar-refractivity contribution in [3.05, 3.63) is 28.0 Å². The highest BCUT2D eigenvalue weighted by molar-refractivity contribution is 6.34. The number of rotatable bonds is 2. The van der Waals surface area contributed by atoms with Crippen LogP contribution in [0.1, 0.15) is 18.9 Å². The molecule has 1 aromatic rings. The van der Waals surface area contributed by atoms with Gasteiger partial charge in [-0.2, -0.15) is 0 Å². The Bertz CT molecular complexity index is 397. The molecule has 0 spiro atoms. The summed E-state index contributed by atoms with van der Waals surface area (Å²) in [5, 5.41) is 1.11. The van der Waals surface area contributed by atoms with Crippen LogP contribution in [0.15, 0.2) is 12.3 Å². The first-order valence-electron chi connectivity index (χ1n) is 5.84. The first-order valence-corrected chi connectivity index (χ1v) is 6.59. The molecule has 1 aliphatic rings. The van der Waals surface area contributed by atoms with E-state index in [2.05, 4.69) is 16.8 Å². The van der Waals surface area contributed by atoms with Crippen LogP contribution in [0.5, 0.6) is 0 Å². The molecule has 2 N–H and O–H groups in total. The Hall–Kier alpha value is -0.350. The van der Waals surface area contributed by atoms with Gasteiger partial charge in [0.15, 0.2) is 0 Å². The molecule has 0 aromatic carbocycles. The van der Waals surface area contributed by atoms with Crippen molar-refractivity contribution in [2.24, 2.45) is 11.7 Å². The van der Waals surface area contributed by atoms with E-state index in [-0.39, 0.29) is 6.04 Å². The summed E-state index contributed by atoms with van der Waals surface area (Å²) in [5.41, 5.74) is 7.08. The fourth-order valence-corrected chi connectivity index (χ4v) is 2.53. The number of halogens is 2. The Labute approximate surface area is 112 Å². The van der Waals surface area contributed by atoms with Crippen LogP contribution in [0.25, 0.3) is 0 Å². The first-order chi connectivity index (χ1) is 8.06. The zero-order chi connectivity index (χ0) is 12.4. The average Bonchev–Trinajstić information content (AvgIpc) is 2.27. The summed E-state index contributed by atoms with van der Waals surface area (Å²) >= 11 is 11.9. The van der Waals surface area contributed by atoms with Crippen molar-refractivity contribution in [3.8, 4) is 0 Å². The van der Waals surface area contributed by atoms with Gasteiger partial charge in [0.2, 0.25) is 0 Å². The maximum Gasteiger partial charge on any atom is 0.130 e. The third kappa shape index (κ3) is 3.32. The fourth-order valence-electron chi connectivity index (χ4n) is 2.11. The van der Waals surface area contributed by atoms with E-state index in [0.717, 1.165) is 31.6 Å². The number of pyridine rings is 1. The van der Waals surface area contributed by atoms with Crippen LogP contribution in [0, 0.1) is 5.92 Å². The summed E-state index contributed by atoms with van der Waals surface area (Å²) in [5.74, 6) is 0.602. The SMILES string of the molecule is CC1CCN(Cc2cnc(Cl)cc2Cl)CC1N. The molecule has 1 saturated heterocycles. The largest absolute Gasteiger partial charge is 0.326 e. The second kappa shape index (κ2) is 5.53. The standard InChI is InChI=1S/C12H17Cl2N3/c1-8-2-3-17(7-11(8)15)6-9-5-16-12(14)4-10(9)13/h4-5,8,11H,2-3,6-7,15H2,1H3. The van der Waals surface area contributed by atoms with Gasteiger partial charge < -0.3 is 5.73 Å². The van der Waals surface area contributed by atoms with Gasteiger partial charge in [-0.1, -0.05) is 30.1 Å². The highest BCUT2D eigenvalue weighted by Gasteiger charge is 2.23. The van der Waals surface area contributed by atoms with Gasteiger partial charge in [0.05, 0.1) is 0 Å². The molecule has 2 heterocycles. The first kappa shape index (κ1) is 13.1. The van der Waals surface area contributed by atoms with Crippen molar-refractivity contribution in [1.82, 2.24) is 9.88 Å². The van der Waals surface area contributed by atoms with Gasteiger partial charge in [-0.05, 0) is 24.9 Å². The molecule has 2 unspecified atom stereocenters. The minimum absolute atomic E-state index is 0.253. The highest BCUT2D eigenvalue weighted by Crippen LogP contribution is 2.22. The van der Waals surface area contributed by atoms with E-state index in [1.165, 1.54) is 0 Å². The number of likely N-dealkylation sites (tertiary alicyclic amines) is 1. The van der Waals surface area contributed by atoms with E-state index in [1.807, 2.05) is 0 Å². The van der Waals surface area contributed by atoms with Crippen LogP contribution in [0.2, 0.25) is 10.2 Å². The number of hydrogen-bond donors (Lipinski definition) is 1. The molecule has 1 fully saturated rings. The average molecular weight is 274 g/mol. The predicted molar refractivity (Wildman–Crippen MR) is 71.3 cm³/mol. The molecule has 0 aliphatic carbocycles. The van der Waals surface area contributed by atoms with Crippen molar-refractivity contribution in [1.29, 1.82) is 0 Å². The van der Waals surface area contributed by atoms with Crippen molar-refractivity contribution in [2.45, 2.75) is 25.9 Å². The third-order valence-electron chi connectivity index (χ3n) is 3.39. The summed E-state index contributed by atoms with van der Waals surface area (Å²) in [6.45, 7) is 4.98. The van der Waals surface area contributed by atoms with Crippen LogP contribution in [0.4, 0.5) is 0 Å². The molecule has 1 aliphatic heterocycles. The van der Waals surface area contributed by atoms with E-state index >= 15 is 0 Å². The quantitative estimate of drug-likeness (QED) is 0.843. The monoisotopic (exact) mass is 273 g/mol. The van der Waals surface area contributed by atoms with E-state index in [0.29, 0.717) is 16.1 Å². The molecule has 0 amide bonds. The molecule has 3 nitrogen and oxygen atoms in total. The van der Waals surface area contributed by atoms with Crippen molar-refractivity contribution >= 4 is 23.2 Å². The Morgan fingerprint density at radius 2 is 2.29 bits per heavy atom. The Balaban J connectivity index is 2.01. The predicted octanol–water partition coefficient (Wildman–Crippen LogP) is 2.56. The normalized spacial score (nSPS) is 26.1. The van der Waals surface area contributed by atoms with Crippen molar-refractivity contribution < 1.29 is 0 Å². The second-order valence-corrected chi connectivity index (χ2v) is 5.56. The maximum atomic E-state index is 6.13. The van der Waals surface area contributed by atoms with Gasteiger partial charge in [0.1, 0.15) is 5.15 Å². The molecule has 5 heteroatoms. The van der Waals surface area contributed by atoms with Crippen LogP contribution in [-0.4, -0.2) is 29.0 Å². The van der Waals surface area contributed by atoms with Crippen molar-refractivity contribution in [3.63, 3.8) is 0 Å². The lowest BCUT2D eigenvalue weighted by molar-refractivity contribution is 0.162. The van der Waals surface area contributed by atoms with E-state index in [1.54, 1.807) is 12.3 Å². The van der Waals surface area contributed by atoms with Crippen molar-refractivity contribution in [2.75, 3.05) is 13.1 Å². The van der Waals surface area contributed by atoms with Crippen LogP contribution < -0.4 is 5.73 Å². The number of hydrogen-bond acceptors (Lipinski definition) is 3. The zero-order valence-electron chi connectivity index (χ0n) is 9.87. The molecular weight excluding hydrogens is 257 g/mol. The van der Waals surface area contributed by atoms with Gasteiger partial charge in [-0.25, -0.2) is 4.98 Å². The van der Waals surface area contributed by atoms with Crippen LogP contribution >= 0.6 is 23.2 Å². The minimum atomic E-state index is 0.253. The fraction of sp³-hybridized carbons (Fsp3) is 0.583. The molecule has 94 valence electrons. The van der Waals surface area contributed by atoms with Gasteiger partial charge in [-0.3, -0.25) is 4.90 Å². The zero-order valence-corrected chi connectivity index (χ0v) is 11.4. The van der Waals surface area contributed by atoms with Gasteiger partial charge in [-0.15, -0.1) is 0 Å². The second-order valence-electron chi connectivity index (χ2n) is 4.76. The molecule has 0 radical (unpaired) electrons. The molecule has 0 saturated carbocycles. The molecular formula is C12H17Cl2N3. The Morgan fingerprint density at radius 1 is 1.53 bits per heavy atom. The summed E-state index contributed by atoms with van der Waals surface area (Å²) < 4.78 is 0. The lowest BCUT2D eigenvalue weighted by Gasteiger charge is -2.35. The van der Waals surface area contributed by atoms with E-state index in [9.17, 15) is 0 Å². The number of nitrogens with zero attached hydrogens (tertiary/aromatic N) is 2. The molecule has 1 aromatic heterocycles. The summed E-state index contributed by atoms with van der Waals surface area (Å²) in [6.07, 6.45) is 2.88.